The van der Waals surface area contributed by atoms with Gasteiger partial charge in [0.2, 0.25) is 0 Å². The fourth-order valence-corrected chi connectivity index (χ4v) is 1.44. The van der Waals surface area contributed by atoms with Crippen molar-refractivity contribution in [2.45, 2.75) is 52.7 Å². The SMILES string of the molecule is CC(C)N(CCOC(C)(C)C)CCC(N)=S. The van der Waals surface area contributed by atoms with Crippen molar-refractivity contribution in [3.63, 3.8) is 0 Å². The summed E-state index contributed by atoms with van der Waals surface area (Å²) in [5.74, 6) is 0. The molecule has 0 heterocycles. The Morgan fingerprint density at radius 3 is 2.25 bits per heavy atom. The summed E-state index contributed by atoms with van der Waals surface area (Å²) in [7, 11) is 0. The first kappa shape index (κ1) is 15.8. The fraction of sp³-hybridized carbons (Fsp3) is 0.917. The maximum atomic E-state index is 5.71. The van der Waals surface area contributed by atoms with E-state index in [9.17, 15) is 0 Å². The van der Waals surface area contributed by atoms with Gasteiger partial charge in [0.25, 0.3) is 0 Å². The van der Waals surface area contributed by atoms with E-state index in [1.165, 1.54) is 0 Å². The van der Waals surface area contributed by atoms with Crippen molar-refractivity contribution in [2.75, 3.05) is 19.7 Å². The molecule has 0 unspecified atom stereocenters. The van der Waals surface area contributed by atoms with Crippen LogP contribution in [0, 0.1) is 0 Å². The van der Waals surface area contributed by atoms with E-state index in [1.54, 1.807) is 0 Å². The minimum absolute atomic E-state index is 0.0637. The molecule has 0 aliphatic carbocycles. The molecule has 0 saturated carbocycles. The summed E-state index contributed by atoms with van der Waals surface area (Å²) in [5.41, 5.74) is 5.45. The molecule has 0 amide bonds. The highest BCUT2D eigenvalue weighted by molar-refractivity contribution is 7.80. The van der Waals surface area contributed by atoms with Gasteiger partial charge in [-0.1, -0.05) is 12.2 Å². The Morgan fingerprint density at radius 1 is 1.31 bits per heavy atom. The number of thiocarbonyl (C=S) groups is 1. The standard InChI is InChI=1S/C12H26N2OS/c1-10(2)14(7-6-11(13)16)8-9-15-12(3,4)5/h10H,6-9H2,1-5H3,(H2,13,16). The Kier molecular flexibility index (Phi) is 7.11. The third kappa shape index (κ3) is 9.07. The van der Waals surface area contributed by atoms with Gasteiger partial charge in [-0.05, 0) is 34.6 Å². The maximum Gasteiger partial charge on any atom is 0.0740 e. The third-order valence-electron chi connectivity index (χ3n) is 2.29. The van der Waals surface area contributed by atoms with Gasteiger partial charge in [0.15, 0.2) is 0 Å². The van der Waals surface area contributed by atoms with Gasteiger partial charge in [-0.15, -0.1) is 0 Å². The van der Waals surface area contributed by atoms with Crippen LogP contribution in [0.1, 0.15) is 41.0 Å². The first-order chi connectivity index (χ1) is 7.22. The van der Waals surface area contributed by atoms with E-state index >= 15 is 0 Å². The van der Waals surface area contributed by atoms with Crippen molar-refractivity contribution in [1.82, 2.24) is 4.90 Å². The smallest absolute Gasteiger partial charge is 0.0740 e. The van der Waals surface area contributed by atoms with E-state index in [-0.39, 0.29) is 5.60 Å². The van der Waals surface area contributed by atoms with Gasteiger partial charge in [0.1, 0.15) is 0 Å². The van der Waals surface area contributed by atoms with E-state index in [0.29, 0.717) is 11.0 Å². The molecule has 0 atom stereocenters. The minimum Gasteiger partial charge on any atom is -0.393 e. The Balaban J connectivity index is 3.90. The molecule has 0 bridgehead atoms. The van der Waals surface area contributed by atoms with Crippen LogP contribution in [-0.4, -0.2) is 41.2 Å². The predicted octanol–water partition coefficient (Wildman–Crippen LogP) is 2.19. The number of nitrogens with zero attached hydrogens (tertiary/aromatic N) is 1. The number of hydrogen-bond acceptors (Lipinski definition) is 3. The van der Waals surface area contributed by atoms with E-state index in [2.05, 4.69) is 39.5 Å². The fourth-order valence-electron chi connectivity index (χ4n) is 1.35. The van der Waals surface area contributed by atoms with Crippen LogP contribution >= 0.6 is 12.2 Å². The molecule has 2 N–H and O–H groups in total. The molecule has 0 aromatic rings. The molecule has 0 spiro atoms. The predicted molar refractivity (Wildman–Crippen MR) is 73.8 cm³/mol. The number of hydrogen-bond donors (Lipinski definition) is 1. The molecule has 0 aliphatic heterocycles. The Morgan fingerprint density at radius 2 is 1.88 bits per heavy atom. The van der Waals surface area contributed by atoms with Gasteiger partial charge >= 0.3 is 0 Å². The summed E-state index contributed by atoms with van der Waals surface area (Å²) in [4.78, 5) is 2.92. The molecule has 16 heavy (non-hydrogen) atoms. The van der Waals surface area contributed by atoms with Crippen molar-refractivity contribution >= 4 is 17.2 Å². The maximum absolute atomic E-state index is 5.71. The monoisotopic (exact) mass is 246 g/mol. The molecular weight excluding hydrogens is 220 g/mol. The summed E-state index contributed by atoms with van der Waals surface area (Å²) >= 11 is 4.89. The molecule has 0 aliphatic rings. The number of rotatable bonds is 7. The van der Waals surface area contributed by atoms with Crippen LogP contribution in [0.15, 0.2) is 0 Å². The molecular formula is C12H26N2OS. The lowest BCUT2D eigenvalue weighted by atomic mass is 10.2. The highest BCUT2D eigenvalue weighted by Crippen LogP contribution is 2.07. The van der Waals surface area contributed by atoms with Crippen molar-refractivity contribution in [3.05, 3.63) is 0 Å². The van der Waals surface area contributed by atoms with Crippen LogP contribution in [0.25, 0.3) is 0 Å². The van der Waals surface area contributed by atoms with Crippen LogP contribution < -0.4 is 5.73 Å². The zero-order valence-electron chi connectivity index (χ0n) is 11.2. The molecule has 96 valence electrons. The first-order valence-corrected chi connectivity index (χ1v) is 6.29. The summed E-state index contributed by atoms with van der Waals surface area (Å²) in [6.45, 7) is 13.2. The van der Waals surface area contributed by atoms with Crippen molar-refractivity contribution in [2.24, 2.45) is 5.73 Å². The highest BCUT2D eigenvalue weighted by Gasteiger charge is 2.13. The topological polar surface area (TPSA) is 38.5 Å². The van der Waals surface area contributed by atoms with Crippen molar-refractivity contribution < 1.29 is 4.74 Å². The van der Waals surface area contributed by atoms with Gasteiger partial charge in [-0.3, -0.25) is 4.90 Å². The molecule has 4 heteroatoms. The van der Waals surface area contributed by atoms with Crippen LogP contribution in [0.2, 0.25) is 0 Å². The van der Waals surface area contributed by atoms with Gasteiger partial charge in [-0.25, -0.2) is 0 Å². The second-order valence-corrected chi connectivity index (χ2v) is 5.83. The summed E-state index contributed by atoms with van der Waals surface area (Å²) < 4.78 is 5.71. The quantitative estimate of drug-likeness (QED) is 0.699. The van der Waals surface area contributed by atoms with Gasteiger partial charge in [0, 0.05) is 25.6 Å². The highest BCUT2D eigenvalue weighted by atomic mass is 32.1. The van der Waals surface area contributed by atoms with Gasteiger partial charge in [-0.2, -0.15) is 0 Å². The van der Waals surface area contributed by atoms with Crippen molar-refractivity contribution in [1.29, 1.82) is 0 Å². The first-order valence-electron chi connectivity index (χ1n) is 5.88. The lowest BCUT2D eigenvalue weighted by molar-refractivity contribution is -0.0158. The number of ether oxygens (including phenoxy) is 1. The van der Waals surface area contributed by atoms with Crippen LogP contribution in [0.4, 0.5) is 0 Å². The second-order valence-electron chi connectivity index (χ2n) is 5.31. The van der Waals surface area contributed by atoms with E-state index < -0.39 is 0 Å². The number of nitrogens with two attached hydrogens (primary N) is 1. The molecule has 0 saturated heterocycles. The van der Waals surface area contributed by atoms with Crippen LogP contribution in [0.3, 0.4) is 0 Å². The third-order valence-corrected chi connectivity index (χ3v) is 2.49. The minimum atomic E-state index is -0.0637. The van der Waals surface area contributed by atoms with Gasteiger partial charge in [0.05, 0.1) is 17.2 Å². The largest absolute Gasteiger partial charge is 0.393 e. The normalized spacial score (nSPS) is 12.4. The zero-order chi connectivity index (χ0) is 12.8. The molecule has 0 fully saturated rings. The molecule has 3 nitrogen and oxygen atoms in total. The van der Waals surface area contributed by atoms with Crippen molar-refractivity contribution in [3.8, 4) is 0 Å². The second kappa shape index (κ2) is 7.20. The van der Waals surface area contributed by atoms with Crippen LogP contribution in [0.5, 0.6) is 0 Å². The average Bonchev–Trinajstić information content (AvgIpc) is 2.07. The molecule has 0 radical (unpaired) electrons. The molecule has 0 aromatic carbocycles. The van der Waals surface area contributed by atoms with E-state index in [4.69, 9.17) is 22.7 Å². The Bertz CT molecular complexity index is 212. The Labute approximate surface area is 105 Å². The Hall–Kier alpha value is -0.190. The van der Waals surface area contributed by atoms with Crippen LogP contribution in [-0.2, 0) is 4.74 Å². The zero-order valence-corrected chi connectivity index (χ0v) is 12.1. The summed E-state index contributed by atoms with van der Waals surface area (Å²) in [6.07, 6.45) is 0.781. The van der Waals surface area contributed by atoms with E-state index in [1.807, 2.05) is 0 Å². The van der Waals surface area contributed by atoms with Gasteiger partial charge < -0.3 is 10.5 Å². The molecule has 0 aromatic heterocycles. The van der Waals surface area contributed by atoms with E-state index in [0.717, 1.165) is 26.1 Å². The summed E-state index contributed by atoms with van der Waals surface area (Å²) in [6, 6.07) is 0.498. The summed E-state index contributed by atoms with van der Waals surface area (Å²) in [5, 5.41) is 0. The average molecular weight is 246 g/mol. The molecule has 0 rings (SSSR count). The lowest BCUT2D eigenvalue weighted by Gasteiger charge is -2.28. The lowest BCUT2D eigenvalue weighted by Crippen LogP contribution is -2.37.